The predicted molar refractivity (Wildman–Crippen MR) is 94.1 cm³/mol. The Labute approximate surface area is 150 Å². The maximum atomic E-state index is 12.6. The normalized spacial score (nSPS) is 29.5. The third-order valence-electron chi connectivity index (χ3n) is 6.26. The van der Waals surface area contributed by atoms with E-state index < -0.39 is 5.97 Å². The highest BCUT2D eigenvalue weighted by atomic mass is 16.5. The quantitative estimate of drug-likeness (QED) is 0.486. The van der Waals surface area contributed by atoms with Crippen LogP contribution in [0.1, 0.15) is 19.3 Å². The topological polar surface area (TPSA) is 63.7 Å². The number of carbonyl (C=O) groups is 3. The van der Waals surface area contributed by atoms with Gasteiger partial charge in [-0.25, -0.2) is 4.79 Å². The van der Waals surface area contributed by atoms with Crippen molar-refractivity contribution < 1.29 is 19.1 Å². The molecule has 26 heavy (non-hydrogen) atoms. The van der Waals surface area contributed by atoms with E-state index in [4.69, 9.17) is 4.74 Å². The number of ether oxygens (including phenoxy) is 1. The van der Waals surface area contributed by atoms with Crippen LogP contribution < -0.4 is 4.74 Å². The summed E-state index contributed by atoms with van der Waals surface area (Å²) in [7, 11) is 0. The molecule has 5 rings (SSSR count). The average Bonchev–Trinajstić information content (AvgIpc) is 3.32. The molecule has 0 spiro atoms. The second-order valence-corrected chi connectivity index (χ2v) is 7.63. The molecule has 2 aromatic rings. The molecule has 2 saturated carbocycles. The number of nitrogens with zero attached hydrogens (tertiary/aromatic N) is 1. The summed E-state index contributed by atoms with van der Waals surface area (Å²) in [5.74, 6) is -0.261. The van der Waals surface area contributed by atoms with Crippen LogP contribution >= 0.6 is 0 Å². The number of rotatable bonds is 3. The minimum absolute atomic E-state index is 0.178. The van der Waals surface area contributed by atoms with Crippen LogP contribution in [-0.2, 0) is 14.4 Å². The van der Waals surface area contributed by atoms with Crippen LogP contribution in [-0.4, -0.2) is 29.2 Å². The van der Waals surface area contributed by atoms with Crippen LogP contribution in [0.3, 0.4) is 0 Å². The van der Waals surface area contributed by atoms with Crippen LogP contribution in [0.4, 0.5) is 0 Å². The lowest BCUT2D eigenvalue weighted by Gasteiger charge is -2.19. The van der Waals surface area contributed by atoms with Crippen molar-refractivity contribution in [2.45, 2.75) is 19.3 Å². The highest BCUT2D eigenvalue weighted by molar-refractivity contribution is 6.07. The predicted octanol–water partition coefficient (Wildman–Crippen LogP) is 2.78. The molecular weight excluding hydrogens is 330 g/mol. The minimum atomic E-state index is -0.575. The van der Waals surface area contributed by atoms with Crippen molar-refractivity contribution >= 4 is 28.6 Å². The first-order chi connectivity index (χ1) is 12.6. The first-order valence-electron chi connectivity index (χ1n) is 9.16. The Bertz CT molecular complexity index is 909. The standard InChI is InChI=1S/C21H19NO4/c23-17(26-16-8-7-12-3-1-2-4-13(12)10-16)11-22-20(24)18-14-5-6-15(9-14)19(18)21(22)25/h1-4,7-8,10,14-15,18-19H,5-6,9,11H2/t14-,15+,18-,19-/m0/s1. The van der Waals surface area contributed by atoms with Gasteiger partial charge in [-0.05, 0) is 54.0 Å². The average molecular weight is 349 g/mol. The van der Waals surface area contributed by atoms with Gasteiger partial charge in [0, 0.05) is 0 Å². The molecule has 2 amide bonds. The van der Waals surface area contributed by atoms with Crippen molar-refractivity contribution in [3.05, 3.63) is 42.5 Å². The summed E-state index contributed by atoms with van der Waals surface area (Å²) in [6.07, 6.45) is 3.04. The Morgan fingerprint density at radius 2 is 1.62 bits per heavy atom. The molecule has 1 heterocycles. The molecule has 2 bridgehead atoms. The lowest BCUT2D eigenvalue weighted by atomic mass is 9.81. The first-order valence-corrected chi connectivity index (χ1v) is 9.16. The molecule has 2 aliphatic carbocycles. The molecule has 0 unspecified atom stereocenters. The maximum absolute atomic E-state index is 12.6. The number of amides is 2. The van der Waals surface area contributed by atoms with Gasteiger partial charge in [-0.1, -0.05) is 30.3 Å². The van der Waals surface area contributed by atoms with E-state index in [0.717, 1.165) is 34.9 Å². The fourth-order valence-corrected chi connectivity index (χ4v) is 5.15. The minimum Gasteiger partial charge on any atom is -0.425 e. The molecule has 4 atom stereocenters. The molecule has 1 aliphatic heterocycles. The zero-order valence-electron chi connectivity index (χ0n) is 14.3. The summed E-state index contributed by atoms with van der Waals surface area (Å²) in [5, 5.41) is 2.03. The van der Waals surface area contributed by atoms with E-state index in [-0.39, 0.29) is 30.2 Å². The van der Waals surface area contributed by atoms with E-state index in [9.17, 15) is 14.4 Å². The second kappa shape index (κ2) is 5.66. The molecule has 2 aromatic carbocycles. The summed E-state index contributed by atoms with van der Waals surface area (Å²) in [5.41, 5.74) is 0. The molecule has 3 fully saturated rings. The van der Waals surface area contributed by atoms with E-state index in [1.54, 1.807) is 12.1 Å². The summed E-state index contributed by atoms with van der Waals surface area (Å²) in [4.78, 5) is 38.7. The Kier molecular flexibility index (Phi) is 3.39. The molecule has 0 N–H and O–H groups in total. The van der Waals surface area contributed by atoms with Gasteiger partial charge in [0.05, 0.1) is 11.8 Å². The number of likely N-dealkylation sites (tertiary alicyclic amines) is 1. The fraction of sp³-hybridized carbons (Fsp3) is 0.381. The van der Waals surface area contributed by atoms with E-state index in [2.05, 4.69) is 0 Å². The van der Waals surface area contributed by atoms with Gasteiger partial charge in [0.25, 0.3) is 0 Å². The van der Waals surface area contributed by atoms with Gasteiger partial charge in [0.15, 0.2) is 0 Å². The number of benzene rings is 2. The van der Waals surface area contributed by atoms with Crippen molar-refractivity contribution in [3.63, 3.8) is 0 Å². The van der Waals surface area contributed by atoms with Crippen molar-refractivity contribution in [2.24, 2.45) is 23.7 Å². The highest BCUT2D eigenvalue weighted by Gasteiger charge is 2.61. The van der Waals surface area contributed by atoms with Crippen LogP contribution in [0.2, 0.25) is 0 Å². The number of carbonyl (C=O) groups excluding carboxylic acids is 3. The highest BCUT2D eigenvalue weighted by Crippen LogP contribution is 2.56. The molecule has 5 nitrogen and oxygen atoms in total. The molecule has 5 heteroatoms. The van der Waals surface area contributed by atoms with Crippen molar-refractivity contribution in [1.29, 1.82) is 0 Å². The Hall–Kier alpha value is -2.69. The van der Waals surface area contributed by atoms with E-state index >= 15 is 0 Å². The zero-order valence-corrected chi connectivity index (χ0v) is 14.3. The largest absolute Gasteiger partial charge is 0.425 e. The van der Waals surface area contributed by atoms with Gasteiger partial charge in [-0.15, -0.1) is 0 Å². The SMILES string of the molecule is O=C(CN1C(=O)[C@H]2[C@@H]3CC[C@@H](C3)[C@@H]2C1=O)Oc1ccc2ccccc2c1. The summed E-state index contributed by atoms with van der Waals surface area (Å²) < 4.78 is 5.39. The van der Waals surface area contributed by atoms with Crippen molar-refractivity contribution in [1.82, 2.24) is 4.90 Å². The van der Waals surface area contributed by atoms with Gasteiger partial charge in [-0.3, -0.25) is 14.5 Å². The molecule has 3 aliphatic rings. The molecular formula is C21H19NO4. The number of hydrogen-bond donors (Lipinski definition) is 0. The van der Waals surface area contributed by atoms with Crippen molar-refractivity contribution in [2.75, 3.05) is 6.54 Å². The van der Waals surface area contributed by atoms with Gasteiger partial charge in [0.1, 0.15) is 12.3 Å². The van der Waals surface area contributed by atoms with Gasteiger partial charge in [-0.2, -0.15) is 0 Å². The van der Waals surface area contributed by atoms with Crippen LogP contribution in [0, 0.1) is 23.7 Å². The Morgan fingerprint density at radius 1 is 0.962 bits per heavy atom. The lowest BCUT2D eigenvalue weighted by molar-refractivity contribution is -0.148. The van der Waals surface area contributed by atoms with Gasteiger partial charge in [0.2, 0.25) is 11.8 Å². The van der Waals surface area contributed by atoms with E-state index in [1.165, 1.54) is 0 Å². The molecule has 132 valence electrons. The van der Waals surface area contributed by atoms with Gasteiger partial charge < -0.3 is 4.74 Å². The third kappa shape index (κ3) is 2.26. The Morgan fingerprint density at radius 3 is 2.31 bits per heavy atom. The molecule has 0 radical (unpaired) electrons. The van der Waals surface area contributed by atoms with Crippen molar-refractivity contribution in [3.8, 4) is 5.75 Å². The first kappa shape index (κ1) is 15.6. The number of esters is 1. The lowest BCUT2D eigenvalue weighted by Crippen LogP contribution is -2.38. The zero-order chi connectivity index (χ0) is 17.8. The smallest absolute Gasteiger partial charge is 0.331 e. The summed E-state index contributed by atoms with van der Waals surface area (Å²) >= 11 is 0. The maximum Gasteiger partial charge on any atom is 0.331 e. The van der Waals surface area contributed by atoms with E-state index in [1.807, 2.05) is 30.3 Å². The summed E-state index contributed by atoms with van der Waals surface area (Å²) in [6, 6.07) is 13.2. The number of imide groups is 1. The number of fused-ring (bicyclic) bond motifs is 6. The van der Waals surface area contributed by atoms with Gasteiger partial charge >= 0.3 is 5.97 Å². The Balaban J connectivity index is 1.31. The van der Waals surface area contributed by atoms with E-state index in [0.29, 0.717) is 17.6 Å². The summed E-state index contributed by atoms with van der Waals surface area (Å²) in [6.45, 7) is -0.295. The number of hydrogen-bond acceptors (Lipinski definition) is 4. The monoisotopic (exact) mass is 349 g/mol. The molecule has 0 aromatic heterocycles. The third-order valence-corrected chi connectivity index (χ3v) is 6.26. The van der Waals surface area contributed by atoms with Crippen LogP contribution in [0.5, 0.6) is 5.75 Å². The molecule has 1 saturated heterocycles. The fourth-order valence-electron chi connectivity index (χ4n) is 5.15. The van der Waals surface area contributed by atoms with Crippen LogP contribution in [0.25, 0.3) is 10.8 Å². The van der Waals surface area contributed by atoms with Crippen LogP contribution in [0.15, 0.2) is 42.5 Å². The second-order valence-electron chi connectivity index (χ2n) is 7.63.